The van der Waals surface area contributed by atoms with Crippen LogP contribution in [-0.2, 0) is 6.42 Å². The van der Waals surface area contributed by atoms with Gasteiger partial charge < -0.3 is 9.47 Å². The number of rotatable bonds is 4. The van der Waals surface area contributed by atoms with E-state index >= 15 is 0 Å². The van der Waals surface area contributed by atoms with E-state index in [1.807, 2.05) is 0 Å². The minimum absolute atomic E-state index is 0.355. The molecule has 0 fully saturated rings. The first-order valence-electron chi connectivity index (χ1n) is 9.57. The van der Waals surface area contributed by atoms with Crippen molar-refractivity contribution < 1.29 is 9.47 Å². The number of fused-ring (bicyclic) bond motifs is 1. The van der Waals surface area contributed by atoms with E-state index in [0.717, 1.165) is 24.3 Å². The van der Waals surface area contributed by atoms with Crippen LogP contribution in [-0.4, -0.2) is 14.2 Å². The summed E-state index contributed by atoms with van der Waals surface area (Å²) in [5, 5.41) is 0. The third-order valence-electron chi connectivity index (χ3n) is 5.79. The maximum Gasteiger partial charge on any atom is 0.119 e. The van der Waals surface area contributed by atoms with E-state index in [2.05, 4.69) is 73.7 Å². The van der Waals surface area contributed by atoms with Crippen LogP contribution >= 0.6 is 0 Å². The lowest BCUT2D eigenvalue weighted by Crippen LogP contribution is -2.20. The van der Waals surface area contributed by atoms with Gasteiger partial charge in [0.25, 0.3) is 0 Å². The van der Waals surface area contributed by atoms with Gasteiger partial charge in [0, 0.05) is 5.92 Å². The van der Waals surface area contributed by atoms with Gasteiger partial charge in [-0.15, -0.1) is 0 Å². The Morgan fingerprint density at radius 2 is 1.37 bits per heavy atom. The lowest BCUT2D eigenvalue weighted by atomic mass is 9.69. The van der Waals surface area contributed by atoms with Crippen LogP contribution in [0, 0.1) is 6.92 Å². The number of methoxy groups -OCH3 is 2. The quantitative estimate of drug-likeness (QED) is 0.580. The molecule has 0 amide bonds. The van der Waals surface area contributed by atoms with Crippen molar-refractivity contribution in [3.05, 3.63) is 94.5 Å². The molecule has 0 unspecified atom stereocenters. The molecule has 2 atom stereocenters. The summed E-state index contributed by atoms with van der Waals surface area (Å²) in [5.41, 5.74) is 6.89. The van der Waals surface area contributed by atoms with Gasteiger partial charge in [0.2, 0.25) is 0 Å². The van der Waals surface area contributed by atoms with Crippen molar-refractivity contribution in [2.45, 2.75) is 31.6 Å². The molecule has 0 aliphatic heterocycles. The molecule has 138 valence electrons. The first kappa shape index (κ1) is 17.7. The highest BCUT2D eigenvalue weighted by Crippen LogP contribution is 2.47. The summed E-state index contributed by atoms with van der Waals surface area (Å²) < 4.78 is 10.8. The summed E-state index contributed by atoms with van der Waals surface area (Å²) in [5.74, 6) is 2.67. The van der Waals surface area contributed by atoms with Gasteiger partial charge in [0.1, 0.15) is 11.5 Å². The SMILES string of the molecule is COc1ccc([C@H]2CCc3cc(OC)ccc3[C@H]2c2ccc(C)cc2)cc1. The van der Waals surface area contributed by atoms with Crippen molar-refractivity contribution in [2.24, 2.45) is 0 Å². The largest absolute Gasteiger partial charge is 0.497 e. The molecule has 2 nitrogen and oxygen atoms in total. The normalized spacial score (nSPS) is 18.6. The lowest BCUT2D eigenvalue weighted by molar-refractivity contribution is 0.412. The standard InChI is InChI=1S/C25H26O2/c1-17-4-6-19(7-5-17)25-23(18-8-11-21(26-2)12-9-18)14-10-20-16-22(27-3)13-15-24(20)25/h4-9,11-13,15-16,23,25H,10,14H2,1-3H3/t23-,25+/m1/s1. The molecule has 1 aliphatic rings. The molecule has 0 bridgehead atoms. The van der Waals surface area contributed by atoms with Gasteiger partial charge in [0.15, 0.2) is 0 Å². The third-order valence-corrected chi connectivity index (χ3v) is 5.79. The first-order valence-corrected chi connectivity index (χ1v) is 9.57. The molecule has 3 aromatic rings. The Labute approximate surface area is 161 Å². The first-order chi connectivity index (χ1) is 13.2. The van der Waals surface area contributed by atoms with Crippen LogP contribution in [0.2, 0.25) is 0 Å². The minimum atomic E-state index is 0.355. The second kappa shape index (κ2) is 7.48. The fourth-order valence-electron chi connectivity index (χ4n) is 4.32. The highest BCUT2D eigenvalue weighted by Gasteiger charge is 2.32. The van der Waals surface area contributed by atoms with Crippen molar-refractivity contribution in [3.8, 4) is 11.5 Å². The Kier molecular flexibility index (Phi) is 4.89. The third kappa shape index (κ3) is 3.44. The molecule has 0 N–H and O–H groups in total. The zero-order chi connectivity index (χ0) is 18.8. The molecule has 4 rings (SSSR count). The number of hydrogen-bond acceptors (Lipinski definition) is 2. The van der Waals surface area contributed by atoms with Crippen LogP contribution in [0.4, 0.5) is 0 Å². The van der Waals surface area contributed by atoms with Gasteiger partial charge >= 0.3 is 0 Å². The fourth-order valence-corrected chi connectivity index (χ4v) is 4.32. The summed E-state index contributed by atoms with van der Waals surface area (Å²) in [6.45, 7) is 2.14. The minimum Gasteiger partial charge on any atom is -0.497 e. The van der Waals surface area contributed by atoms with Crippen molar-refractivity contribution in [2.75, 3.05) is 14.2 Å². The lowest BCUT2D eigenvalue weighted by Gasteiger charge is -2.35. The average molecular weight is 358 g/mol. The van der Waals surface area contributed by atoms with Crippen molar-refractivity contribution >= 4 is 0 Å². The maximum atomic E-state index is 5.46. The van der Waals surface area contributed by atoms with E-state index < -0.39 is 0 Å². The van der Waals surface area contributed by atoms with E-state index in [-0.39, 0.29) is 0 Å². The summed E-state index contributed by atoms with van der Waals surface area (Å²) in [6, 6.07) is 24.2. The van der Waals surface area contributed by atoms with E-state index in [1.54, 1.807) is 14.2 Å². The van der Waals surface area contributed by atoms with Crippen LogP contribution < -0.4 is 9.47 Å². The Balaban J connectivity index is 1.80. The van der Waals surface area contributed by atoms with Crippen molar-refractivity contribution in [1.82, 2.24) is 0 Å². The molecular weight excluding hydrogens is 332 g/mol. The molecule has 27 heavy (non-hydrogen) atoms. The van der Waals surface area contributed by atoms with Gasteiger partial charge in [-0.3, -0.25) is 0 Å². The summed E-state index contributed by atoms with van der Waals surface area (Å²) >= 11 is 0. The van der Waals surface area contributed by atoms with Crippen molar-refractivity contribution in [1.29, 1.82) is 0 Å². The summed E-state index contributed by atoms with van der Waals surface area (Å²) in [4.78, 5) is 0. The zero-order valence-corrected chi connectivity index (χ0v) is 16.2. The molecule has 0 saturated carbocycles. The Morgan fingerprint density at radius 3 is 2.04 bits per heavy atom. The van der Waals surface area contributed by atoms with E-state index in [1.165, 1.54) is 27.8 Å². The zero-order valence-electron chi connectivity index (χ0n) is 16.2. The number of aryl methyl sites for hydroxylation is 2. The molecule has 1 aliphatic carbocycles. The molecule has 0 radical (unpaired) electrons. The van der Waals surface area contributed by atoms with Crippen LogP contribution in [0.3, 0.4) is 0 Å². The van der Waals surface area contributed by atoms with Crippen LogP contribution in [0.5, 0.6) is 11.5 Å². The Bertz CT molecular complexity index is 910. The van der Waals surface area contributed by atoms with Crippen molar-refractivity contribution in [3.63, 3.8) is 0 Å². The van der Waals surface area contributed by atoms with Crippen LogP contribution in [0.15, 0.2) is 66.7 Å². The second-order valence-electron chi connectivity index (χ2n) is 7.37. The predicted molar refractivity (Wildman–Crippen MR) is 110 cm³/mol. The van der Waals surface area contributed by atoms with Gasteiger partial charge in [0.05, 0.1) is 14.2 Å². The molecule has 3 aromatic carbocycles. The molecule has 0 heterocycles. The number of ether oxygens (including phenoxy) is 2. The van der Waals surface area contributed by atoms with E-state index in [9.17, 15) is 0 Å². The number of benzene rings is 3. The van der Waals surface area contributed by atoms with E-state index in [4.69, 9.17) is 9.47 Å². The highest BCUT2D eigenvalue weighted by atomic mass is 16.5. The molecule has 0 spiro atoms. The Hall–Kier alpha value is -2.74. The molecular formula is C25H26O2. The predicted octanol–water partition coefficient (Wildman–Crippen LogP) is 5.87. The number of hydrogen-bond donors (Lipinski definition) is 0. The van der Waals surface area contributed by atoms with Gasteiger partial charge in [-0.25, -0.2) is 0 Å². The monoisotopic (exact) mass is 358 g/mol. The maximum absolute atomic E-state index is 5.46. The molecule has 0 aromatic heterocycles. The average Bonchev–Trinajstić information content (AvgIpc) is 2.73. The fraction of sp³-hybridized carbons (Fsp3) is 0.280. The molecule has 2 heteroatoms. The topological polar surface area (TPSA) is 18.5 Å². The highest BCUT2D eigenvalue weighted by molar-refractivity contribution is 5.48. The van der Waals surface area contributed by atoms with Gasteiger partial charge in [-0.1, -0.05) is 48.0 Å². The van der Waals surface area contributed by atoms with Gasteiger partial charge in [-0.05, 0) is 72.2 Å². The Morgan fingerprint density at radius 1 is 0.741 bits per heavy atom. The van der Waals surface area contributed by atoms with Crippen LogP contribution in [0.25, 0.3) is 0 Å². The van der Waals surface area contributed by atoms with Gasteiger partial charge in [-0.2, -0.15) is 0 Å². The smallest absolute Gasteiger partial charge is 0.119 e. The second-order valence-corrected chi connectivity index (χ2v) is 7.37. The summed E-state index contributed by atoms with van der Waals surface area (Å²) in [7, 11) is 3.45. The van der Waals surface area contributed by atoms with E-state index in [0.29, 0.717) is 11.8 Å². The summed E-state index contributed by atoms with van der Waals surface area (Å²) in [6.07, 6.45) is 2.20. The van der Waals surface area contributed by atoms with Crippen LogP contribution in [0.1, 0.15) is 46.1 Å². The molecule has 0 saturated heterocycles.